The molecule has 0 aromatic carbocycles. The highest BCUT2D eigenvalue weighted by atomic mass is 32.2. The molecule has 22 heavy (non-hydrogen) atoms. The van der Waals surface area contributed by atoms with Gasteiger partial charge < -0.3 is 15.1 Å². The minimum absolute atomic E-state index is 0.0836. The minimum Gasteiger partial charge on any atom is -0.366 e. The van der Waals surface area contributed by atoms with Crippen LogP contribution in [-0.4, -0.2) is 73.4 Å². The summed E-state index contributed by atoms with van der Waals surface area (Å²) in [6.45, 7) is 2.81. The van der Waals surface area contributed by atoms with Crippen LogP contribution in [0.2, 0.25) is 0 Å². The summed E-state index contributed by atoms with van der Waals surface area (Å²) in [4.78, 5) is 23.0. The average molecular weight is 325 g/mol. The third-order valence-corrected chi connectivity index (χ3v) is 5.79. The number of carbonyl (C=O) groups is 1. The molecule has 0 saturated carbocycles. The second-order valence-electron chi connectivity index (χ2n) is 5.63. The molecule has 2 aliphatic rings. The number of piperazine rings is 1. The van der Waals surface area contributed by atoms with Crippen LogP contribution in [0, 0.1) is 0 Å². The van der Waals surface area contributed by atoms with Gasteiger partial charge in [0.25, 0.3) is 0 Å². The molecule has 0 spiro atoms. The van der Waals surface area contributed by atoms with E-state index in [1.807, 2.05) is 6.07 Å². The Morgan fingerprint density at radius 1 is 1.23 bits per heavy atom. The van der Waals surface area contributed by atoms with Crippen molar-refractivity contribution in [2.45, 2.75) is 12.5 Å². The van der Waals surface area contributed by atoms with Crippen LogP contribution in [0.15, 0.2) is 12.4 Å². The van der Waals surface area contributed by atoms with E-state index in [0.29, 0.717) is 25.3 Å². The number of rotatable bonds is 4. The van der Waals surface area contributed by atoms with Crippen molar-refractivity contribution >= 4 is 27.9 Å². The van der Waals surface area contributed by atoms with E-state index in [4.69, 9.17) is 0 Å². The summed E-state index contributed by atoms with van der Waals surface area (Å²) in [6.07, 6.45) is 2.96. The Bertz CT molecular complexity index is 643. The number of anilines is 2. The summed E-state index contributed by atoms with van der Waals surface area (Å²) in [6, 6.07) is 1.75. The van der Waals surface area contributed by atoms with Crippen LogP contribution >= 0.6 is 0 Å². The normalized spacial score (nSPS) is 24.3. The van der Waals surface area contributed by atoms with Gasteiger partial charge >= 0.3 is 0 Å². The molecule has 1 aromatic rings. The van der Waals surface area contributed by atoms with Crippen molar-refractivity contribution in [2.24, 2.45) is 0 Å². The molecule has 1 unspecified atom stereocenters. The second-order valence-corrected chi connectivity index (χ2v) is 7.86. The van der Waals surface area contributed by atoms with Crippen molar-refractivity contribution < 1.29 is 13.2 Å². The van der Waals surface area contributed by atoms with E-state index in [-0.39, 0.29) is 17.5 Å². The van der Waals surface area contributed by atoms with E-state index >= 15 is 0 Å². The Labute approximate surface area is 129 Å². The largest absolute Gasteiger partial charge is 0.366 e. The minimum atomic E-state index is -2.91. The first kappa shape index (κ1) is 15.0. The van der Waals surface area contributed by atoms with Crippen LogP contribution in [0.1, 0.15) is 6.42 Å². The Morgan fingerprint density at radius 2 is 2.00 bits per heavy atom. The first-order chi connectivity index (χ1) is 10.6. The van der Waals surface area contributed by atoms with Gasteiger partial charge in [-0.3, -0.25) is 4.79 Å². The number of nitrogens with zero attached hydrogens (tertiary/aromatic N) is 4. The lowest BCUT2D eigenvalue weighted by Crippen LogP contribution is -2.46. The number of hydrogen-bond donors (Lipinski definition) is 1. The van der Waals surface area contributed by atoms with Gasteiger partial charge in [0, 0.05) is 38.3 Å². The van der Waals surface area contributed by atoms with E-state index in [9.17, 15) is 13.2 Å². The summed E-state index contributed by atoms with van der Waals surface area (Å²) in [7, 11) is -2.91. The Kier molecular flexibility index (Phi) is 4.14. The molecule has 1 atom stereocenters. The van der Waals surface area contributed by atoms with Crippen LogP contribution in [0.5, 0.6) is 0 Å². The summed E-state index contributed by atoms with van der Waals surface area (Å²) in [5.74, 6) is 1.83. The van der Waals surface area contributed by atoms with Gasteiger partial charge in [-0.1, -0.05) is 0 Å². The number of nitrogens with one attached hydrogen (secondary N) is 1. The lowest BCUT2D eigenvalue weighted by Gasteiger charge is -2.33. The summed E-state index contributed by atoms with van der Waals surface area (Å²) in [5, 5.41) is 3.17. The molecule has 1 aromatic heterocycles. The molecule has 9 heteroatoms. The van der Waals surface area contributed by atoms with Crippen molar-refractivity contribution in [3.05, 3.63) is 12.4 Å². The molecule has 120 valence electrons. The van der Waals surface area contributed by atoms with E-state index in [1.54, 1.807) is 4.90 Å². The molecule has 1 amide bonds. The highest BCUT2D eigenvalue weighted by molar-refractivity contribution is 7.91. The molecule has 0 bridgehead atoms. The van der Waals surface area contributed by atoms with E-state index in [2.05, 4.69) is 20.2 Å². The van der Waals surface area contributed by atoms with E-state index in [1.165, 1.54) is 6.33 Å². The molecule has 2 fully saturated rings. The SMILES string of the molecule is O=CN1CCN(c2cc(NC3CCS(=O)(=O)C3)ncn2)CC1. The maximum absolute atomic E-state index is 11.5. The maximum Gasteiger partial charge on any atom is 0.209 e. The fourth-order valence-corrected chi connectivity index (χ4v) is 4.45. The first-order valence-electron chi connectivity index (χ1n) is 7.29. The third kappa shape index (κ3) is 3.46. The van der Waals surface area contributed by atoms with Crippen molar-refractivity contribution in [1.82, 2.24) is 14.9 Å². The lowest BCUT2D eigenvalue weighted by atomic mass is 10.2. The molecule has 2 saturated heterocycles. The quantitative estimate of drug-likeness (QED) is 0.735. The molecule has 2 aliphatic heterocycles. The van der Waals surface area contributed by atoms with Crippen LogP contribution < -0.4 is 10.2 Å². The molecule has 0 aliphatic carbocycles. The number of aromatic nitrogens is 2. The van der Waals surface area contributed by atoms with Crippen LogP contribution in [0.25, 0.3) is 0 Å². The van der Waals surface area contributed by atoms with E-state index < -0.39 is 9.84 Å². The van der Waals surface area contributed by atoms with Gasteiger partial charge in [-0.25, -0.2) is 18.4 Å². The van der Waals surface area contributed by atoms with Gasteiger partial charge in [0.15, 0.2) is 9.84 Å². The zero-order chi connectivity index (χ0) is 15.6. The Hall–Kier alpha value is -1.90. The molecular formula is C13H19N5O3S. The summed E-state index contributed by atoms with van der Waals surface area (Å²) < 4.78 is 23.0. The van der Waals surface area contributed by atoms with Crippen LogP contribution in [0.4, 0.5) is 11.6 Å². The van der Waals surface area contributed by atoms with Crippen molar-refractivity contribution in [3.8, 4) is 0 Å². The summed E-state index contributed by atoms with van der Waals surface area (Å²) >= 11 is 0. The smallest absolute Gasteiger partial charge is 0.209 e. The van der Waals surface area contributed by atoms with Gasteiger partial charge in [-0.05, 0) is 6.42 Å². The van der Waals surface area contributed by atoms with Crippen molar-refractivity contribution in [1.29, 1.82) is 0 Å². The van der Waals surface area contributed by atoms with Crippen molar-refractivity contribution in [2.75, 3.05) is 47.9 Å². The predicted molar refractivity (Wildman–Crippen MR) is 82.6 cm³/mol. The lowest BCUT2D eigenvalue weighted by molar-refractivity contribution is -0.118. The zero-order valence-electron chi connectivity index (χ0n) is 12.2. The first-order valence-corrected chi connectivity index (χ1v) is 9.11. The van der Waals surface area contributed by atoms with Gasteiger partial charge in [-0.2, -0.15) is 0 Å². The molecule has 3 rings (SSSR count). The van der Waals surface area contributed by atoms with Gasteiger partial charge in [0.1, 0.15) is 18.0 Å². The van der Waals surface area contributed by atoms with Crippen LogP contribution in [-0.2, 0) is 14.6 Å². The number of sulfone groups is 1. The fraction of sp³-hybridized carbons (Fsp3) is 0.615. The van der Waals surface area contributed by atoms with Gasteiger partial charge in [0.05, 0.1) is 11.5 Å². The van der Waals surface area contributed by atoms with Crippen LogP contribution in [0.3, 0.4) is 0 Å². The fourth-order valence-electron chi connectivity index (χ4n) is 2.77. The molecule has 3 heterocycles. The highest BCUT2D eigenvalue weighted by Crippen LogP contribution is 2.19. The van der Waals surface area contributed by atoms with Crippen molar-refractivity contribution in [3.63, 3.8) is 0 Å². The number of carbonyl (C=O) groups excluding carboxylic acids is 1. The third-order valence-electron chi connectivity index (χ3n) is 4.02. The van der Waals surface area contributed by atoms with E-state index in [0.717, 1.165) is 25.3 Å². The Morgan fingerprint density at radius 3 is 2.64 bits per heavy atom. The molecule has 8 nitrogen and oxygen atoms in total. The monoisotopic (exact) mass is 325 g/mol. The highest BCUT2D eigenvalue weighted by Gasteiger charge is 2.28. The number of amides is 1. The number of hydrogen-bond acceptors (Lipinski definition) is 7. The predicted octanol–water partition coefficient (Wildman–Crippen LogP) is -0.646. The second kappa shape index (κ2) is 6.07. The standard InChI is InChI=1S/C13H19N5O3S/c19-10-17-2-4-18(5-3-17)13-7-12(14-9-15-13)16-11-1-6-22(20,21)8-11/h7,9-11H,1-6,8H2,(H,14,15,16). The van der Waals surface area contributed by atoms with Gasteiger partial charge in [-0.15, -0.1) is 0 Å². The summed E-state index contributed by atoms with van der Waals surface area (Å²) in [5.41, 5.74) is 0. The molecule has 1 N–H and O–H groups in total. The Balaban J connectivity index is 1.64. The van der Waals surface area contributed by atoms with Gasteiger partial charge in [0.2, 0.25) is 6.41 Å². The maximum atomic E-state index is 11.5. The molecular weight excluding hydrogens is 306 g/mol. The average Bonchev–Trinajstić information content (AvgIpc) is 2.86. The zero-order valence-corrected chi connectivity index (χ0v) is 13.0. The topological polar surface area (TPSA) is 95.5 Å². The molecule has 0 radical (unpaired) electrons.